The van der Waals surface area contributed by atoms with E-state index in [4.69, 9.17) is 0 Å². The van der Waals surface area contributed by atoms with Crippen LogP contribution >= 0.6 is 11.8 Å². The number of nitrogens with zero attached hydrogens (tertiary/aromatic N) is 1. The van der Waals surface area contributed by atoms with Crippen LogP contribution in [0.25, 0.3) is 0 Å². The molecule has 1 aliphatic heterocycles. The maximum atomic E-state index is 3.62. The molecule has 0 aliphatic carbocycles. The van der Waals surface area contributed by atoms with E-state index in [1.54, 1.807) is 0 Å². The van der Waals surface area contributed by atoms with E-state index in [0.29, 0.717) is 12.1 Å². The second-order valence-corrected chi connectivity index (χ2v) is 6.84. The molecule has 2 nitrogen and oxygen atoms in total. The predicted molar refractivity (Wildman–Crippen MR) is 85.8 cm³/mol. The zero-order valence-corrected chi connectivity index (χ0v) is 13.1. The highest BCUT2D eigenvalue weighted by atomic mass is 32.2. The summed E-state index contributed by atoms with van der Waals surface area (Å²) in [5.74, 6) is 0. The zero-order valence-electron chi connectivity index (χ0n) is 12.3. The Balaban J connectivity index is 2.02. The molecular formula is C16H26N2S. The number of piperazine rings is 1. The topological polar surface area (TPSA) is 15.3 Å². The standard InChI is InChI=1S/C16H26N2S/c1-13-12-18(10-9-14(2)19-3)16(11-17-13)15-7-5-4-6-8-15/h4-8,13-14,16-17H,9-12H2,1-3H3. The molecule has 3 unspecified atom stereocenters. The fourth-order valence-corrected chi connectivity index (χ4v) is 3.04. The highest BCUT2D eigenvalue weighted by Crippen LogP contribution is 2.24. The lowest BCUT2D eigenvalue weighted by Crippen LogP contribution is -2.51. The van der Waals surface area contributed by atoms with Crippen molar-refractivity contribution >= 4 is 11.8 Å². The van der Waals surface area contributed by atoms with Crippen molar-refractivity contribution in [2.24, 2.45) is 0 Å². The van der Waals surface area contributed by atoms with Crippen molar-refractivity contribution in [3.8, 4) is 0 Å². The van der Waals surface area contributed by atoms with Crippen LogP contribution in [0.1, 0.15) is 31.9 Å². The van der Waals surface area contributed by atoms with Crippen LogP contribution in [0.3, 0.4) is 0 Å². The SMILES string of the molecule is CSC(C)CCN1CC(C)NCC1c1ccccc1. The first-order chi connectivity index (χ1) is 9.20. The summed E-state index contributed by atoms with van der Waals surface area (Å²) >= 11 is 1.97. The van der Waals surface area contributed by atoms with Crippen LogP contribution < -0.4 is 5.32 Å². The summed E-state index contributed by atoms with van der Waals surface area (Å²) in [6.07, 6.45) is 3.48. The Hall–Kier alpha value is -0.510. The Kier molecular flexibility index (Phi) is 5.74. The monoisotopic (exact) mass is 278 g/mol. The van der Waals surface area contributed by atoms with Crippen molar-refractivity contribution in [1.29, 1.82) is 0 Å². The van der Waals surface area contributed by atoms with Gasteiger partial charge in [0, 0.05) is 30.4 Å². The summed E-state index contributed by atoms with van der Waals surface area (Å²) in [5.41, 5.74) is 1.44. The lowest BCUT2D eigenvalue weighted by molar-refractivity contribution is 0.134. The van der Waals surface area contributed by atoms with Gasteiger partial charge in [-0.1, -0.05) is 37.3 Å². The van der Waals surface area contributed by atoms with Crippen molar-refractivity contribution in [3.63, 3.8) is 0 Å². The van der Waals surface area contributed by atoms with Gasteiger partial charge in [-0.3, -0.25) is 4.90 Å². The molecule has 1 N–H and O–H groups in total. The average Bonchev–Trinajstić information content (AvgIpc) is 2.45. The lowest BCUT2D eigenvalue weighted by atomic mass is 10.0. The number of thioether (sulfide) groups is 1. The summed E-state index contributed by atoms with van der Waals surface area (Å²) in [4.78, 5) is 2.66. The molecule has 1 aromatic rings. The second kappa shape index (κ2) is 7.32. The molecule has 1 aromatic carbocycles. The van der Waals surface area contributed by atoms with Crippen molar-refractivity contribution < 1.29 is 0 Å². The molecule has 1 aliphatic rings. The third-order valence-corrected chi connectivity index (χ3v) is 5.06. The molecule has 106 valence electrons. The van der Waals surface area contributed by atoms with Gasteiger partial charge in [-0.2, -0.15) is 11.8 Å². The molecule has 19 heavy (non-hydrogen) atoms. The van der Waals surface area contributed by atoms with Gasteiger partial charge in [-0.05, 0) is 31.7 Å². The number of nitrogens with one attached hydrogen (secondary N) is 1. The first kappa shape index (κ1) is 14.9. The van der Waals surface area contributed by atoms with E-state index in [2.05, 4.69) is 60.7 Å². The molecule has 1 heterocycles. The quantitative estimate of drug-likeness (QED) is 0.890. The van der Waals surface area contributed by atoms with Crippen LogP contribution in [-0.4, -0.2) is 42.1 Å². The van der Waals surface area contributed by atoms with Gasteiger partial charge < -0.3 is 5.32 Å². The van der Waals surface area contributed by atoms with E-state index < -0.39 is 0 Å². The summed E-state index contributed by atoms with van der Waals surface area (Å²) in [5, 5.41) is 4.37. The molecular weight excluding hydrogens is 252 g/mol. The van der Waals surface area contributed by atoms with Gasteiger partial charge >= 0.3 is 0 Å². The molecule has 0 aromatic heterocycles. The van der Waals surface area contributed by atoms with Crippen LogP contribution in [0.5, 0.6) is 0 Å². The largest absolute Gasteiger partial charge is 0.311 e. The summed E-state index contributed by atoms with van der Waals surface area (Å²) in [6, 6.07) is 12.0. The fraction of sp³-hybridized carbons (Fsp3) is 0.625. The first-order valence-corrected chi connectivity index (χ1v) is 8.54. The van der Waals surface area contributed by atoms with Crippen molar-refractivity contribution in [2.45, 2.75) is 37.6 Å². The predicted octanol–water partition coefficient (Wildman–Crippen LogP) is 3.16. The number of benzene rings is 1. The van der Waals surface area contributed by atoms with Gasteiger partial charge in [0.05, 0.1) is 0 Å². The smallest absolute Gasteiger partial charge is 0.0473 e. The average molecular weight is 278 g/mol. The van der Waals surface area contributed by atoms with E-state index in [1.165, 1.54) is 18.5 Å². The van der Waals surface area contributed by atoms with Crippen LogP contribution in [0.15, 0.2) is 30.3 Å². The van der Waals surface area contributed by atoms with Crippen LogP contribution in [-0.2, 0) is 0 Å². The molecule has 0 amide bonds. The Morgan fingerprint density at radius 3 is 2.79 bits per heavy atom. The molecule has 3 heteroatoms. The van der Waals surface area contributed by atoms with E-state index in [-0.39, 0.29) is 0 Å². The maximum absolute atomic E-state index is 3.62. The summed E-state index contributed by atoms with van der Waals surface area (Å²) < 4.78 is 0. The zero-order chi connectivity index (χ0) is 13.7. The Bertz CT molecular complexity index is 368. The molecule has 2 rings (SSSR count). The summed E-state index contributed by atoms with van der Waals surface area (Å²) in [6.45, 7) is 8.03. The van der Waals surface area contributed by atoms with Crippen molar-refractivity contribution in [1.82, 2.24) is 10.2 Å². The highest BCUT2D eigenvalue weighted by molar-refractivity contribution is 7.99. The van der Waals surface area contributed by atoms with Crippen molar-refractivity contribution in [3.05, 3.63) is 35.9 Å². The third-order valence-electron chi connectivity index (χ3n) is 4.02. The molecule has 0 spiro atoms. The maximum Gasteiger partial charge on any atom is 0.0473 e. The third kappa shape index (κ3) is 4.23. The summed E-state index contributed by atoms with van der Waals surface area (Å²) in [7, 11) is 0. The van der Waals surface area contributed by atoms with Gasteiger partial charge in [-0.25, -0.2) is 0 Å². The number of rotatable bonds is 5. The molecule has 0 saturated carbocycles. The number of hydrogen-bond donors (Lipinski definition) is 1. The minimum atomic E-state index is 0.534. The Morgan fingerprint density at radius 1 is 1.37 bits per heavy atom. The van der Waals surface area contributed by atoms with Gasteiger partial charge in [0.2, 0.25) is 0 Å². The van der Waals surface area contributed by atoms with Gasteiger partial charge in [-0.15, -0.1) is 0 Å². The van der Waals surface area contributed by atoms with Crippen molar-refractivity contribution in [2.75, 3.05) is 25.9 Å². The molecule has 0 radical (unpaired) electrons. The Labute approximate surface area is 122 Å². The van der Waals surface area contributed by atoms with Gasteiger partial charge in [0.15, 0.2) is 0 Å². The first-order valence-electron chi connectivity index (χ1n) is 7.26. The molecule has 3 atom stereocenters. The second-order valence-electron chi connectivity index (χ2n) is 5.57. The van der Waals surface area contributed by atoms with E-state index >= 15 is 0 Å². The van der Waals surface area contributed by atoms with E-state index in [0.717, 1.165) is 18.3 Å². The molecule has 1 saturated heterocycles. The molecule has 0 bridgehead atoms. The minimum absolute atomic E-state index is 0.534. The van der Waals surface area contributed by atoms with E-state index in [1.807, 2.05) is 11.8 Å². The normalized spacial score (nSPS) is 26.3. The highest BCUT2D eigenvalue weighted by Gasteiger charge is 2.26. The number of hydrogen-bond acceptors (Lipinski definition) is 3. The van der Waals surface area contributed by atoms with Crippen LogP contribution in [0.4, 0.5) is 0 Å². The van der Waals surface area contributed by atoms with Crippen LogP contribution in [0, 0.1) is 0 Å². The van der Waals surface area contributed by atoms with Crippen LogP contribution in [0.2, 0.25) is 0 Å². The molecule has 1 fully saturated rings. The fourth-order valence-electron chi connectivity index (χ4n) is 2.70. The minimum Gasteiger partial charge on any atom is -0.311 e. The Morgan fingerprint density at radius 2 is 2.11 bits per heavy atom. The van der Waals surface area contributed by atoms with E-state index in [9.17, 15) is 0 Å². The van der Waals surface area contributed by atoms with Gasteiger partial charge in [0.25, 0.3) is 0 Å². The van der Waals surface area contributed by atoms with Gasteiger partial charge in [0.1, 0.15) is 0 Å². The lowest BCUT2D eigenvalue weighted by Gasteiger charge is -2.40.